The zero-order valence-electron chi connectivity index (χ0n) is 31.6. The van der Waals surface area contributed by atoms with Crippen LogP contribution in [0.3, 0.4) is 0 Å². The molecule has 0 spiro atoms. The van der Waals surface area contributed by atoms with Gasteiger partial charge in [-0.2, -0.15) is 0 Å². The first-order valence-corrected chi connectivity index (χ1v) is 20.2. The number of ether oxygens (including phenoxy) is 2. The predicted octanol–water partition coefficient (Wildman–Crippen LogP) is 7.33. The summed E-state index contributed by atoms with van der Waals surface area (Å²) in [5, 5.41) is 53.9. The number of carbonyl (C=O) groups is 1. The lowest BCUT2D eigenvalue weighted by Gasteiger charge is -2.40. The molecule has 1 heterocycles. The maximum atomic E-state index is 12.9. The first-order valence-electron chi connectivity index (χ1n) is 20.2. The molecule has 1 fully saturated rings. The van der Waals surface area contributed by atoms with E-state index in [1.54, 1.807) is 6.08 Å². The molecule has 0 saturated carbocycles. The Morgan fingerprint density at radius 1 is 0.680 bits per heavy atom. The Hall–Kier alpha value is -1.59. The highest BCUT2D eigenvalue weighted by Crippen LogP contribution is 2.22. The molecule has 1 saturated heterocycles. The van der Waals surface area contributed by atoms with Gasteiger partial charge in [-0.3, -0.25) is 4.79 Å². The van der Waals surface area contributed by atoms with Gasteiger partial charge in [0.05, 0.1) is 25.4 Å². The third-order valence-corrected chi connectivity index (χ3v) is 9.46. The minimum Gasteiger partial charge on any atom is -0.394 e. The summed E-state index contributed by atoms with van der Waals surface area (Å²) in [5.74, 6) is -0.194. The summed E-state index contributed by atoms with van der Waals surface area (Å²) in [6.07, 6.45) is 30.3. The van der Waals surface area contributed by atoms with Crippen molar-refractivity contribution in [2.75, 3.05) is 13.2 Å². The van der Waals surface area contributed by atoms with Crippen molar-refractivity contribution in [3.63, 3.8) is 0 Å². The SMILES string of the molecule is CCCC/C=C\C/C=C\CCCCCCCC(=O)NC(COC1OC(CO)C(O)C(O)C1O)C(O)/C=C/CCCCCCCCCCCCC. The van der Waals surface area contributed by atoms with Crippen LogP contribution in [0.1, 0.15) is 162 Å². The molecule has 7 unspecified atom stereocenters. The number of aliphatic hydroxyl groups is 5. The monoisotopic (exact) mass is 710 g/mol. The third-order valence-electron chi connectivity index (χ3n) is 9.46. The quantitative estimate of drug-likeness (QED) is 0.0314. The number of hydrogen-bond donors (Lipinski definition) is 6. The van der Waals surface area contributed by atoms with Gasteiger partial charge in [0.2, 0.25) is 5.91 Å². The maximum absolute atomic E-state index is 12.9. The van der Waals surface area contributed by atoms with Crippen molar-refractivity contribution in [1.29, 1.82) is 0 Å². The van der Waals surface area contributed by atoms with Gasteiger partial charge in [-0.05, 0) is 44.9 Å². The highest BCUT2D eigenvalue weighted by molar-refractivity contribution is 5.76. The number of hydrogen-bond acceptors (Lipinski definition) is 8. The zero-order valence-corrected chi connectivity index (χ0v) is 31.6. The number of rotatable bonds is 32. The van der Waals surface area contributed by atoms with Crippen LogP contribution in [0.4, 0.5) is 0 Å². The van der Waals surface area contributed by atoms with Crippen LogP contribution in [-0.2, 0) is 14.3 Å². The van der Waals surface area contributed by atoms with Gasteiger partial charge in [0, 0.05) is 6.42 Å². The van der Waals surface area contributed by atoms with Crippen molar-refractivity contribution in [2.45, 2.75) is 204 Å². The highest BCUT2D eigenvalue weighted by Gasteiger charge is 2.44. The van der Waals surface area contributed by atoms with E-state index in [-0.39, 0.29) is 12.5 Å². The molecule has 50 heavy (non-hydrogen) atoms. The fourth-order valence-corrected chi connectivity index (χ4v) is 6.11. The number of unbranched alkanes of at least 4 members (excludes halogenated alkanes) is 18. The summed E-state index contributed by atoms with van der Waals surface area (Å²) in [4.78, 5) is 12.9. The topological polar surface area (TPSA) is 149 Å². The van der Waals surface area contributed by atoms with Crippen LogP contribution in [0.5, 0.6) is 0 Å². The molecule has 292 valence electrons. The van der Waals surface area contributed by atoms with E-state index >= 15 is 0 Å². The molecule has 0 aromatic carbocycles. The van der Waals surface area contributed by atoms with Crippen molar-refractivity contribution in [3.05, 3.63) is 36.5 Å². The lowest BCUT2D eigenvalue weighted by atomic mass is 9.99. The number of aliphatic hydroxyl groups excluding tert-OH is 5. The first kappa shape index (κ1) is 46.4. The van der Waals surface area contributed by atoms with Gasteiger partial charge in [-0.15, -0.1) is 0 Å². The van der Waals surface area contributed by atoms with Gasteiger partial charge in [-0.25, -0.2) is 0 Å². The Bertz CT molecular complexity index is 879. The van der Waals surface area contributed by atoms with Crippen LogP contribution < -0.4 is 5.32 Å². The summed E-state index contributed by atoms with van der Waals surface area (Å²) in [6, 6.07) is -0.809. The number of allylic oxidation sites excluding steroid dienone is 5. The molecular formula is C41H75NO8. The molecule has 7 atom stereocenters. The molecule has 1 aliphatic rings. The van der Waals surface area contributed by atoms with Crippen LogP contribution in [0, 0.1) is 0 Å². The van der Waals surface area contributed by atoms with E-state index in [4.69, 9.17) is 9.47 Å². The Kier molecular flexibility index (Phi) is 29.8. The van der Waals surface area contributed by atoms with Crippen LogP contribution in [0.25, 0.3) is 0 Å². The Morgan fingerprint density at radius 2 is 1.20 bits per heavy atom. The molecule has 9 heteroatoms. The van der Waals surface area contributed by atoms with E-state index < -0.39 is 49.5 Å². The minimum atomic E-state index is -1.57. The molecule has 0 bridgehead atoms. The van der Waals surface area contributed by atoms with E-state index in [0.29, 0.717) is 6.42 Å². The van der Waals surface area contributed by atoms with E-state index in [2.05, 4.69) is 43.5 Å². The summed E-state index contributed by atoms with van der Waals surface area (Å²) >= 11 is 0. The van der Waals surface area contributed by atoms with Crippen LogP contribution in [-0.4, -0.2) is 87.5 Å². The first-order chi connectivity index (χ1) is 24.3. The van der Waals surface area contributed by atoms with Gasteiger partial charge in [0.15, 0.2) is 6.29 Å². The minimum absolute atomic E-state index is 0.194. The summed E-state index contributed by atoms with van der Waals surface area (Å²) in [6.45, 7) is 3.69. The average Bonchev–Trinajstić information content (AvgIpc) is 3.11. The van der Waals surface area contributed by atoms with Crippen LogP contribution >= 0.6 is 0 Å². The predicted molar refractivity (Wildman–Crippen MR) is 203 cm³/mol. The van der Waals surface area contributed by atoms with Gasteiger partial charge >= 0.3 is 0 Å². The van der Waals surface area contributed by atoms with Crippen molar-refractivity contribution >= 4 is 5.91 Å². The molecule has 0 aliphatic carbocycles. The molecule has 0 radical (unpaired) electrons. The van der Waals surface area contributed by atoms with Gasteiger partial charge < -0.3 is 40.3 Å². The second-order valence-corrected chi connectivity index (χ2v) is 14.1. The molecular weight excluding hydrogens is 634 g/mol. The lowest BCUT2D eigenvalue weighted by Crippen LogP contribution is -2.60. The van der Waals surface area contributed by atoms with Crippen molar-refractivity contribution in [1.82, 2.24) is 5.32 Å². The average molecular weight is 710 g/mol. The van der Waals surface area contributed by atoms with Crippen molar-refractivity contribution < 1.29 is 39.8 Å². The Morgan fingerprint density at radius 3 is 1.78 bits per heavy atom. The van der Waals surface area contributed by atoms with E-state index in [0.717, 1.165) is 70.6 Å². The Labute approximate surface area is 304 Å². The van der Waals surface area contributed by atoms with Gasteiger partial charge in [0.1, 0.15) is 24.4 Å². The van der Waals surface area contributed by atoms with Crippen molar-refractivity contribution in [3.8, 4) is 0 Å². The maximum Gasteiger partial charge on any atom is 0.220 e. The fourth-order valence-electron chi connectivity index (χ4n) is 6.11. The summed E-state index contributed by atoms with van der Waals surface area (Å²) < 4.78 is 11.2. The second kappa shape index (κ2) is 32.1. The molecule has 6 N–H and O–H groups in total. The van der Waals surface area contributed by atoms with E-state index in [1.165, 1.54) is 70.6 Å². The van der Waals surface area contributed by atoms with Gasteiger partial charge in [0.25, 0.3) is 0 Å². The van der Waals surface area contributed by atoms with E-state index in [1.807, 2.05) is 6.08 Å². The second-order valence-electron chi connectivity index (χ2n) is 14.1. The number of nitrogens with one attached hydrogen (secondary N) is 1. The van der Waals surface area contributed by atoms with E-state index in [9.17, 15) is 30.3 Å². The molecule has 9 nitrogen and oxygen atoms in total. The number of amides is 1. The molecule has 1 amide bonds. The Balaban J connectivity index is 2.45. The van der Waals surface area contributed by atoms with Crippen LogP contribution in [0.2, 0.25) is 0 Å². The highest BCUT2D eigenvalue weighted by atomic mass is 16.7. The molecule has 0 aromatic heterocycles. The summed E-state index contributed by atoms with van der Waals surface area (Å²) in [7, 11) is 0. The lowest BCUT2D eigenvalue weighted by molar-refractivity contribution is -0.302. The standard InChI is InChI=1S/C41H75NO8/c1-3-5-7-9-11-13-15-17-19-21-23-25-27-29-31-37(45)42-34(33-49-41-40(48)39(47)38(46)36(32-43)50-41)35(44)30-28-26-24-22-20-18-16-14-12-10-8-6-4-2/h9,11,15,17,28,30,34-36,38-41,43-44,46-48H,3-8,10,12-14,16,18-27,29,31-33H2,1-2H3,(H,42,45)/b11-9-,17-15-,30-28+. The van der Waals surface area contributed by atoms with Crippen LogP contribution in [0.15, 0.2) is 36.5 Å². The molecule has 1 aliphatic heterocycles. The molecule has 1 rings (SSSR count). The normalized spacial score (nSPS) is 22.6. The van der Waals surface area contributed by atoms with Crippen molar-refractivity contribution in [2.24, 2.45) is 0 Å². The fraction of sp³-hybridized carbons (Fsp3) is 0.829. The summed E-state index contributed by atoms with van der Waals surface area (Å²) in [5.41, 5.74) is 0. The third kappa shape index (κ3) is 23.1. The smallest absolute Gasteiger partial charge is 0.220 e. The van der Waals surface area contributed by atoms with Gasteiger partial charge in [-0.1, -0.05) is 147 Å². The molecule has 0 aromatic rings. The number of carbonyl (C=O) groups excluding carboxylic acids is 1. The largest absolute Gasteiger partial charge is 0.394 e. The zero-order chi connectivity index (χ0) is 36.7.